The summed E-state index contributed by atoms with van der Waals surface area (Å²) in [6.45, 7) is 3.62. The molecule has 166 valence electrons. The Labute approximate surface area is 185 Å². The van der Waals surface area contributed by atoms with Crippen molar-refractivity contribution in [1.82, 2.24) is 10.2 Å². The fraction of sp³-hybridized carbons (Fsp3) is 0.333. The Hall–Kier alpha value is -3.68. The standard InChI is InChI=1S/C24H24N2O6/c1-3-31-20-11-8-15(13-26-22(28)17-6-4-5-7-18(17)23(26)29)12-19(20)24(30)32-14(2)21(27)25-16-9-10-16/h4-8,11-12,14,16H,3,9-10,13H2,1-2H3,(H,25,27)/t14-/m1/s1. The summed E-state index contributed by atoms with van der Waals surface area (Å²) < 4.78 is 10.9. The smallest absolute Gasteiger partial charge is 0.342 e. The minimum Gasteiger partial charge on any atom is -0.493 e. The molecule has 1 fully saturated rings. The molecule has 0 radical (unpaired) electrons. The minimum absolute atomic E-state index is 0.00322. The van der Waals surface area contributed by atoms with Crippen molar-refractivity contribution in [2.75, 3.05) is 6.61 Å². The summed E-state index contributed by atoms with van der Waals surface area (Å²) in [5.41, 5.74) is 1.41. The molecule has 0 aromatic heterocycles. The third-order valence-corrected chi connectivity index (χ3v) is 5.36. The van der Waals surface area contributed by atoms with E-state index in [9.17, 15) is 19.2 Å². The van der Waals surface area contributed by atoms with Gasteiger partial charge in [-0.3, -0.25) is 19.3 Å². The predicted molar refractivity (Wildman–Crippen MR) is 114 cm³/mol. The number of nitrogens with zero attached hydrogens (tertiary/aromatic N) is 1. The van der Waals surface area contributed by atoms with Crippen LogP contribution in [0.25, 0.3) is 0 Å². The number of hydrogen-bond donors (Lipinski definition) is 1. The Bertz CT molecular complexity index is 1060. The largest absolute Gasteiger partial charge is 0.493 e. The summed E-state index contributed by atoms with van der Waals surface area (Å²) in [4.78, 5) is 51.4. The number of benzene rings is 2. The Morgan fingerprint density at radius 3 is 2.34 bits per heavy atom. The number of esters is 1. The van der Waals surface area contributed by atoms with Crippen molar-refractivity contribution >= 4 is 23.7 Å². The summed E-state index contributed by atoms with van der Waals surface area (Å²) in [7, 11) is 0. The van der Waals surface area contributed by atoms with E-state index < -0.39 is 12.1 Å². The van der Waals surface area contributed by atoms with E-state index in [1.54, 1.807) is 43.3 Å². The molecule has 1 saturated carbocycles. The Kier molecular flexibility index (Phi) is 5.94. The average molecular weight is 436 g/mol. The summed E-state index contributed by atoms with van der Waals surface area (Å²) in [6.07, 6.45) is 0.902. The number of rotatable bonds is 8. The topological polar surface area (TPSA) is 102 Å². The van der Waals surface area contributed by atoms with E-state index in [0.29, 0.717) is 29.0 Å². The quantitative estimate of drug-likeness (QED) is 0.504. The highest BCUT2D eigenvalue weighted by atomic mass is 16.5. The summed E-state index contributed by atoms with van der Waals surface area (Å²) in [5.74, 6) is -1.52. The van der Waals surface area contributed by atoms with E-state index in [-0.39, 0.29) is 35.9 Å². The highest BCUT2D eigenvalue weighted by molar-refractivity contribution is 6.21. The number of carbonyl (C=O) groups is 4. The molecule has 8 nitrogen and oxygen atoms in total. The molecule has 4 rings (SSSR count). The second-order valence-corrected chi connectivity index (χ2v) is 7.84. The number of nitrogens with one attached hydrogen (secondary N) is 1. The number of ether oxygens (including phenoxy) is 2. The maximum Gasteiger partial charge on any atom is 0.342 e. The van der Waals surface area contributed by atoms with Crippen LogP contribution in [0.3, 0.4) is 0 Å². The van der Waals surface area contributed by atoms with Gasteiger partial charge in [-0.2, -0.15) is 0 Å². The Morgan fingerprint density at radius 1 is 1.09 bits per heavy atom. The normalized spacial score (nSPS) is 15.9. The molecule has 1 aliphatic heterocycles. The van der Waals surface area contributed by atoms with E-state index >= 15 is 0 Å². The van der Waals surface area contributed by atoms with Gasteiger partial charge in [0.2, 0.25) is 0 Å². The molecule has 2 aromatic carbocycles. The van der Waals surface area contributed by atoms with Crippen molar-refractivity contribution in [2.24, 2.45) is 0 Å². The van der Waals surface area contributed by atoms with Crippen LogP contribution in [0.15, 0.2) is 42.5 Å². The van der Waals surface area contributed by atoms with Crippen molar-refractivity contribution in [3.63, 3.8) is 0 Å². The molecule has 1 heterocycles. The van der Waals surface area contributed by atoms with Crippen molar-refractivity contribution in [3.05, 3.63) is 64.7 Å². The van der Waals surface area contributed by atoms with Gasteiger partial charge < -0.3 is 14.8 Å². The third kappa shape index (κ3) is 4.34. The van der Waals surface area contributed by atoms with Crippen molar-refractivity contribution < 1.29 is 28.7 Å². The Morgan fingerprint density at radius 2 is 1.75 bits per heavy atom. The molecular formula is C24H24N2O6. The molecule has 3 amide bonds. The zero-order valence-electron chi connectivity index (χ0n) is 17.9. The lowest BCUT2D eigenvalue weighted by atomic mass is 10.1. The first-order valence-electron chi connectivity index (χ1n) is 10.6. The SMILES string of the molecule is CCOc1ccc(CN2C(=O)c3ccccc3C2=O)cc1C(=O)O[C@H](C)C(=O)NC1CC1. The molecule has 0 spiro atoms. The maximum absolute atomic E-state index is 12.8. The van der Waals surface area contributed by atoms with Gasteiger partial charge in [-0.25, -0.2) is 4.79 Å². The molecular weight excluding hydrogens is 412 g/mol. The van der Waals surface area contributed by atoms with Crippen molar-refractivity contribution in [2.45, 2.75) is 45.4 Å². The minimum atomic E-state index is -0.961. The highest BCUT2D eigenvalue weighted by Gasteiger charge is 2.35. The predicted octanol–water partition coefficient (Wildman–Crippen LogP) is 2.71. The van der Waals surface area contributed by atoms with E-state index in [0.717, 1.165) is 17.7 Å². The lowest BCUT2D eigenvalue weighted by Gasteiger charge is -2.17. The first-order chi connectivity index (χ1) is 15.4. The number of hydrogen-bond acceptors (Lipinski definition) is 6. The second kappa shape index (κ2) is 8.82. The van der Waals surface area contributed by atoms with Crippen LogP contribution >= 0.6 is 0 Å². The van der Waals surface area contributed by atoms with Crippen LogP contribution in [0, 0.1) is 0 Å². The van der Waals surface area contributed by atoms with E-state index in [1.807, 2.05) is 0 Å². The molecule has 0 bridgehead atoms. The van der Waals surface area contributed by atoms with Gasteiger partial charge in [0.25, 0.3) is 17.7 Å². The second-order valence-electron chi connectivity index (χ2n) is 7.84. The van der Waals surface area contributed by atoms with Crippen LogP contribution in [0.2, 0.25) is 0 Å². The van der Waals surface area contributed by atoms with Crippen molar-refractivity contribution in [3.8, 4) is 5.75 Å². The number of fused-ring (bicyclic) bond motifs is 1. The number of imide groups is 1. The molecule has 1 atom stereocenters. The molecule has 2 aromatic rings. The number of carbonyl (C=O) groups excluding carboxylic acids is 4. The molecule has 1 aliphatic carbocycles. The van der Waals surface area contributed by atoms with Gasteiger partial charge in [0, 0.05) is 6.04 Å². The third-order valence-electron chi connectivity index (χ3n) is 5.36. The van der Waals surface area contributed by atoms with Gasteiger partial charge in [0.15, 0.2) is 6.10 Å². The fourth-order valence-corrected chi connectivity index (χ4v) is 3.51. The van der Waals surface area contributed by atoms with Crippen LogP contribution in [-0.4, -0.2) is 47.3 Å². The van der Waals surface area contributed by atoms with Crippen LogP contribution in [0.4, 0.5) is 0 Å². The lowest BCUT2D eigenvalue weighted by molar-refractivity contribution is -0.129. The zero-order valence-corrected chi connectivity index (χ0v) is 17.9. The first kappa shape index (κ1) is 21.5. The zero-order chi connectivity index (χ0) is 22.8. The lowest BCUT2D eigenvalue weighted by Crippen LogP contribution is -2.37. The Balaban J connectivity index is 1.53. The van der Waals surface area contributed by atoms with E-state index in [1.165, 1.54) is 13.0 Å². The van der Waals surface area contributed by atoms with Gasteiger partial charge in [-0.1, -0.05) is 18.2 Å². The molecule has 1 N–H and O–H groups in total. The average Bonchev–Trinajstić information content (AvgIpc) is 3.57. The molecule has 2 aliphatic rings. The van der Waals surface area contributed by atoms with E-state index in [2.05, 4.69) is 5.32 Å². The van der Waals surface area contributed by atoms with Crippen LogP contribution < -0.4 is 10.1 Å². The van der Waals surface area contributed by atoms with Crippen LogP contribution in [-0.2, 0) is 16.1 Å². The summed E-state index contributed by atoms with van der Waals surface area (Å²) >= 11 is 0. The maximum atomic E-state index is 12.8. The molecule has 0 unspecified atom stereocenters. The van der Waals surface area contributed by atoms with Gasteiger partial charge in [-0.05, 0) is 56.5 Å². The monoisotopic (exact) mass is 436 g/mol. The van der Waals surface area contributed by atoms with E-state index in [4.69, 9.17) is 9.47 Å². The molecule has 0 saturated heterocycles. The fourth-order valence-electron chi connectivity index (χ4n) is 3.51. The van der Waals surface area contributed by atoms with Gasteiger partial charge in [0.1, 0.15) is 11.3 Å². The van der Waals surface area contributed by atoms with Gasteiger partial charge in [0.05, 0.1) is 24.3 Å². The van der Waals surface area contributed by atoms with Crippen molar-refractivity contribution in [1.29, 1.82) is 0 Å². The van der Waals surface area contributed by atoms with Gasteiger partial charge >= 0.3 is 5.97 Å². The summed E-state index contributed by atoms with van der Waals surface area (Å²) in [6, 6.07) is 11.6. The molecule has 8 heteroatoms. The summed E-state index contributed by atoms with van der Waals surface area (Å²) in [5, 5.41) is 2.80. The first-order valence-corrected chi connectivity index (χ1v) is 10.6. The number of amides is 3. The van der Waals surface area contributed by atoms with Crippen LogP contribution in [0.5, 0.6) is 5.75 Å². The molecule has 32 heavy (non-hydrogen) atoms. The van der Waals surface area contributed by atoms with Crippen LogP contribution in [0.1, 0.15) is 63.3 Å². The highest BCUT2D eigenvalue weighted by Crippen LogP contribution is 2.27. The van der Waals surface area contributed by atoms with Gasteiger partial charge in [-0.15, -0.1) is 0 Å².